The molecular formula is C8H12N2O4S. The first kappa shape index (κ1) is 11.9. The smallest absolute Gasteiger partial charge is 0.320 e. The second kappa shape index (κ2) is 4.59. The summed E-state index contributed by atoms with van der Waals surface area (Å²) in [5.41, 5.74) is 0. The molecule has 0 radical (unpaired) electrons. The molecule has 7 heteroatoms. The summed E-state index contributed by atoms with van der Waals surface area (Å²) in [5, 5.41) is 16.8. The quantitative estimate of drug-likeness (QED) is 0.682. The Bertz CT molecular complexity index is 380. The summed E-state index contributed by atoms with van der Waals surface area (Å²) >= 11 is 0. The standard InChI is InChI=1S/C8H12N2O4S/c9-4-1-5-10(7-2-3-7)15(13,14)6-8(11)12/h7H,1-3,5-6H2,(H,11,12). The minimum Gasteiger partial charge on any atom is -0.480 e. The zero-order chi connectivity index (χ0) is 11.5. The third kappa shape index (κ3) is 3.49. The van der Waals surface area contributed by atoms with Crippen LogP contribution < -0.4 is 0 Å². The van der Waals surface area contributed by atoms with Crippen LogP contribution in [0.25, 0.3) is 0 Å². The monoisotopic (exact) mass is 232 g/mol. The van der Waals surface area contributed by atoms with Gasteiger partial charge in [0.05, 0.1) is 6.07 Å². The molecule has 0 aliphatic heterocycles. The lowest BCUT2D eigenvalue weighted by Crippen LogP contribution is -2.37. The molecule has 0 spiro atoms. The Morgan fingerprint density at radius 1 is 1.53 bits per heavy atom. The van der Waals surface area contributed by atoms with Crippen LogP contribution >= 0.6 is 0 Å². The van der Waals surface area contributed by atoms with E-state index in [1.807, 2.05) is 6.07 Å². The van der Waals surface area contributed by atoms with Crippen molar-refractivity contribution in [2.24, 2.45) is 0 Å². The van der Waals surface area contributed by atoms with Gasteiger partial charge >= 0.3 is 5.97 Å². The van der Waals surface area contributed by atoms with Crippen LogP contribution in [0.2, 0.25) is 0 Å². The molecule has 0 heterocycles. The van der Waals surface area contributed by atoms with Crippen LogP contribution in [0.1, 0.15) is 19.3 Å². The van der Waals surface area contributed by atoms with Crippen molar-refractivity contribution in [3.8, 4) is 6.07 Å². The summed E-state index contributed by atoms with van der Waals surface area (Å²) < 4.78 is 24.3. The molecule has 84 valence electrons. The van der Waals surface area contributed by atoms with Crippen molar-refractivity contribution in [2.75, 3.05) is 12.3 Å². The lowest BCUT2D eigenvalue weighted by molar-refractivity contribution is -0.134. The van der Waals surface area contributed by atoms with Crippen molar-refractivity contribution >= 4 is 16.0 Å². The summed E-state index contributed by atoms with van der Waals surface area (Å²) in [4.78, 5) is 10.4. The Morgan fingerprint density at radius 2 is 2.13 bits per heavy atom. The minimum absolute atomic E-state index is 0.0926. The Hall–Kier alpha value is -1.13. The maximum Gasteiger partial charge on any atom is 0.320 e. The van der Waals surface area contributed by atoms with Crippen molar-refractivity contribution in [3.05, 3.63) is 0 Å². The molecule has 0 aromatic rings. The molecule has 1 fully saturated rings. The van der Waals surface area contributed by atoms with Crippen LogP contribution in [0.3, 0.4) is 0 Å². The lowest BCUT2D eigenvalue weighted by atomic mass is 10.4. The predicted octanol–water partition coefficient (Wildman–Crippen LogP) is -0.221. The normalized spacial score (nSPS) is 16.3. The van der Waals surface area contributed by atoms with Gasteiger partial charge in [-0.05, 0) is 12.8 Å². The van der Waals surface area contributed by atoms with Gasteiger partial charge < -0.3 is 5.11 Å². The predicted molar refractivity (Wildman–Crippen MR) is 51.4 cm³/mol. The molecule has 6 nitrogen and oxygen atoms in total. The Kier molecular flexibility index (Phi) is 3.66. The lowest BCUT2D eigenvalue weighted by Gasteiger charge is -2.19. The van der Waals surface area contributed by atoms with Gasteiger partial charge in [-0.15, -0.1) is 0 Å². The van der Waals surface area contributed by atoms with Crippen LogP contribution in [-0.2, 0) is 14.8 Å². The number of carbonyl (C=O) groups is 1. The fourth-order valence-corrected chi connectivity index (χ4v) is 2.82. The van der Waals surface area contributed by atoms with E-state index >= 15 is 0 Å². The third-order valence-corrected chi connectivity index (χ3v) is 3.87. The zero-order valence-electron chi connectivity index (χ0n) is 8.09. The number of nitriles is 1. The molecule has 1 saturated carbocycles. The van der Waals surface area contributed by atoms with E-state index in [4.69, 9.17) is 10.4 Å². The second-order valence-corrected chi connectivity index (χ2v) is 5.32. The summed E-state index contributed by atoms with van der Waals surface area (Å²) in [5.74, 6) is -2.26. The van der Waals surface area contributed by atoms with Crippen LogP contribution in [-0.4, -0.2) is 42.1 Å². The van der Waals surface area contributed by atoms with Gasteiger partial charge in [0.15, 0.2) is 5.75 Å². The largest absolute Gasteiger partial charge is 0.480 e. The molecule has 1 rings (SSSR count). The number of carboxylic acids is 1. The molecule has 0 aromatic carbocycles. The van der Waals surface area contributed by atoms with E-state index < -0.39 is 21.7 Å². The average Bonchev–Trinajstić information content (AvgIpc) is 2.85. The molecule has 0 amide bonds. The SMILES string of the molecule is N#CCCN(C1CC1)S(=O)(=O)CC(=O)O. The minimum atomic E-state index is -3.75. The van der Waals surface area contributed by atoms with Crippen molar-refractivity contribution in [1.82, 2.24) is 4.31 Å². The number of aliphatic carboxylic acids is 1. The highest BCUT2D eigenvalue weighted by atomic mass is 32.2. The topological polar surface area (TPSA) is 98.5 Å². The second-order valence-electron chi connectivity index (χ2n) is 3.40. The van der Waals surface area contributed by atoms with Gasteiger partial charge in [0.2, 0.25) is 10.0 Å². The van der Waals surface area contributed by atoms with E-state index in [-0.39, 0.29) is 19.0 Å². The maximum atomic E-state index is 11.6. The van der Waals surface area contributed by atoms with Crippen molar-refractivity contribution in [1.29, 1.82) is 5.26 Å². The molecule has 1 N–H and O–H groups in total. The average molecular weight is 232 g/mol. The molecule has 15 heavy (non-hydrogen) atoms. The van der Waals surface area contributed by atoms with Gasteiger partial charge in [0.25, 0.3) is 0 Å². The first-order valence-electron chi connectivity index (χ1n) is 4.55. The third-order valence-electron chi connectivity index (χ3n) is 2.06. The molecule has 0 bridgehead atoms. The maximum absolute atomic E-state index is 11.6. The number of carboxylic acid groups (broad SMARTS) is 1. The highest BCUT2D eigenvalue weighted by molar-refractivity contribution is 7.89. The van der Waals surface area contributed by atoms with E-state index in [0.717, 1.165) is 17.1 Å². The summed E-state index contributed by atoms with van der Waals surface area (Å²) in [6, 6.07) is 1.76. The van der Waals surface area contributed by atoms with Gasteiger partial charge in [0.1, 0.15) is 0 Å². The van der Waals surface area contributed by atoms with E-state index in [2.05, 4.69) is 0 Å². The highest BCUT2D eigenvalue weighted by Gasteiger charge is 2.37. The number of sulfonamides is 1. The Labute approximate surface area is 88.2 Å². The van der Waals surface area contributed by atoms with Crippen molar-refractivity contribution in [2.45, 2.75) is 25.3 Å². The first-order valence-corrected chi connectivity index (χ1v) is 6.16. The molecular weight excluding hydrogens is 220 g/mol. The Balaban J connectivity index is 2.70. The fourth-order valence-electron chi connectivity index (χ4n) is 1.31. The van der Waals surface area contributed by atoms with E-state index in [0.29, 0.717) is 0 Å². The van der Waals surface area contributed by atoms with Crippen molar-refractivity contribution < 1.29 is 18.3 Å². The van der Waals surface area contributed by atoms with Crippen LogP contribution in [0.5, 0.6) is 0 Å². The molecule has 0 atom stereocenters. The number of nitrogens with zero attached hydrogens (tertiary/aromatic N) is 2. The molecule has 0 aromatic heterocycles. The van der Waals surface area contributed by atoms with Gasteiger partial charge in [-0.3, -0.25) is 4.79 Å². The highest BCUT2D eigenvalue weighted by Crippen LogP contribution is 2.29. The van der Waals surface area contributed by atoms with Crippen molar-refractivity contribution in [3.63, 3.8) is 0 Å². The van der Waals surface area contributed by atoms with Gasteiger partial charge in [0, 0.05) is 19.0 Å². The molecule has 1 aliphatic carbocycles. The summed E-state index contributed by atoms with van der Waals surface area (Å²) in [7, 11) is -3.75. The van der Waals surface area contributed by atoms with Gasteiger partial charge in [-0.1, -0.05) is 0 Å². The molecule has 0 saturated heterocycles. The number of hydrogen-bond donors (Lipinski definition) is 1. The summed E-state index contributed by atoms with van der Waals surface area (Å²) in [6.45, 7) is 0.0940. The number of rotatable bonds is 6. The molecule has 0 unspecified atom stereocenters. The van der Waals surface area contributed by atoms with Crippen LogP contribution in [0.15, 0.2) is 0 Å². The van der Waals surface area contributed by atoms with Crippen LogP contribution in [0, 0.1) is 11.3 Å². The molecule has 1 aliphatic rings. The summed E-state index contributed by atoms with van der Waals surface area (Å²) in [6.07, 6.45) is 1.60. The fraction of sp³-hybridized carbons (Fsp3) is 0.750. The van der Waals surface area contributed by atoms with Crippen LogP contribution in [0.4, 0.5) is 0 Å². The van der Waals surface area contributed by atoms with E-state index in [1.54, 1.807) is 0 Å². The van der Waals surface area contributed by atoms with E-state index in [9.17, 15) is 13.2 Å². The number of hydrogen-bond acceptors (Lipinski definition) is 4. The van der Waals surface area contributed by atoms with E-state index in [1.165, 1.54) is 0 Å². The van der Waals surface area contributed by atoms with Gasteiger partial charge in [-0.2, -0.15) is 9.57 Å². The first-order chi connectivity index (χ1) is 6.97. The zero-order valence-corrected chi connectivity index (χ0v) is 8.90. The van der Waals surface area contributed by atoms with Gasteiger partial charge in [-0.25, -0.2) is 8.42 Å². The Morgan fingerprint density at radius 3 is 2.53 bits per heavy atom.